The van der Waals surface area contributed by atoms with Crippen molar-refractivity contribution in [3.8, 4) is 0 Å². The van der Waals surface area contributed by atoms with Gasteiger partial charge in [0.2, 0.25) is 0 Å². The molecule has 0 bridgehead atoms. The zero-order valence-corrected chi connectivity index (χ0v) is 11.5. The number of carbonyl (C=O) groups is 1. The number of nitrogens with two attached hydrogens (primary N) is 1. The summed E-state index contributed by atoms with van der Waals surface area (Å²) in [5, 5.41) is 0. The van der Waals surface area contributed by atoms with E-state index in [0.29, 0.717) is 38.9 Å². The highest BCUT2D eigenvalue weighted by molar-refractivity contribution is 5.81. The molecule has 0 aromatic rings. The number of esters is 1. The van der Waals surface area contributed by atoms with E-state index in [9.17, 15) is 4.79 Å². The van der Waals surface area contributed by atoms with Crippen LogP contribution < -0.4 is 5.73 Å². The SMILES string of the molecule is CC(C)(C)OC(=O)C1(N)CCC2(CC1)OCCO2. The van der Waals surface area contributed by atoms with Gasteiger partial charge in [-0.3, -0.25) is 4.79 Å². The zero-order valence-electron chi connectivity index (χ0n) is 11.5. The van der Waals surface area contributed by atoms with Gasteiger partial charge >= 0.3 is 5.97 Å². The minimum Gasteiger partial charge on any atom is -0.459 e. The van der Waals surface area contributed by atoms with E-state index in [1.807, 2.05) is 20.8 Å². The molecule has 5 nitrogen and oxygen atoms in total. The topological polar surface area (TPSA) is 70.8 Å². The van der Waals surface area contributed by atoms with Gasteiger partial charge in [-0.05, 0) is 33.6 Å². The molecule has 18 heavy (non-hydrogen) atoms. The maximum Gasteiger partial charge on any atom is 0.326 e. The molecule has 1 aliphatic carbocycles. The first-order chi connectivity index (χ1) is 8.25. The molecular formula is C13H23NO4. The highest BCUT2D eigenvalue weighted by atomic mass is 16.7. The summed E-state index contributed by atoms with van der Waals surface area (Å²) in [7, 11) is 0. The van der Waals surface area contributed by atoms with E-state index < -0.39 is 16.9 Å². The number of rotatable bonds is 1. The molecule has 2 aliphatic rings. The number of hydrogen-bond donors (Lipinski definition) is 1. The van der Waals surface area contributed by atoms with Gasteiger partial charge in [0.25, 0.3) is 0 Å². The predicted octanol–water partition coefficient (Wildman–Crippen LogP) is 1.34. The van der Waals surface area contributed by atoms with Gasteiger partial charge < -0.3 is 19.9 Å². The van der Waals surface area contributed by atoms with Crippen LogP contribution in [0.25, 0.3) is 0 Å². The highest BCUT2D eigenvalue weighted by Gasteiger charge is 2.49. The first-order valence-corrected chi connectivity index (χ1v) is 6.55. The Labute approximate surface area is 108 Å². The number of ether oxygens (including phenoxy) is 3. The molecule has 0 atom stereocenters. The number of carbonyl (C=O) groups excluding carboxylic acids is 1. The third kappa shape index (κ3) is 2.84. The fraction of sp³-hybridized carbons (Fsp3) is 0.923. The smallest absolute Gasteiger partial charge is 0.326 e. The van der Waals surface area contributed by atoms with Gasteiger partial charge in [-0.2, -0.15) is 0 Å². The summed E-state index contributed by atoms with van der Waals surface area (Å²) in [6, 6.07) is 0. The van der Waals surface area contributed by atoms with Gasteiger partial charge in [0.15, 0.2) is 5.79 Å². The molecule has 1 saturated carbocycles. The Morgan fingerprint density at radius 3 is 2.06 bits per heavy atom. The fourth-order valence-electron chi connectivity index (χ4n) is 2.45. The van der Waals surface area contributed by atoms with Crippen LogP contribution in [0.2, 0.25) is 0 Å². The normalized spacial score (nSPS) is 26.2. The number of hydrogen-bond acceptors (Lipinski definition) is 5. The fourth-order valence-corrected chi connectivity index (χ4v) is 2.45. The van der Waals surface area contributed by atoms with Gasteiger partial charge in [0.1, 0.15) is 11.1 Å². The lowest BCUT2D eigenvalue weighted by atomic mass is 9.79. The Balaban J connectivity index is 1.96. The van der Waals surface area contributed by atoms with Crippen LogP contribution in [0.5, 0.6) is 0 Å². The quantitative estimate of drug-likeness (QED) is 0.718. The Kier molecular flexibility index (Phi) is 3.42. The minimum atomic E-state index is -0.895. The maximum absolute atomic E-state index is 12.1. The summed E-state index contributed by atoms with van der Waals surface area (Å²) in [5.74, 6) is -0.812. The van der Waals surface area contributed by atoms with Crippen LogP contribution in [0.3, 0.4) is 0 Å². The molecule has 1 aliphatic heterocycles. The van der Waals surface area contributed by atoms with E-state index in [4.69, 9.17) is 19.9 Å². The van der Waals surface area contributed by atoms with Crippen molar-refractivity contribution < 1.29 is 19.0 Å². The van der Waals surface area contributed by atoms with Crippen molar-refractivity contribution in [2.24, 2.45) is 5.73 Å². The zero-order chi connectivity index (χ0) is 13.4. The molecule has 2 rings (SSSR count). The van der Waals surface area contributed by atoms with E-state index in [-0.39, 0.29) is 5.97 Å². The van der Waals surface area contributed by atoms with Crippen LogP contribution in [-0.2, 0) is 19.0 Å². The van der Waals surface area contributed by atoms with Gasteiger partial charge in [0, 0.05) is 12.8 Å². The first-order valence-electron chi connectivity index (χ1n) is 6.55. The molecule has 1 heterocycles. The van der Waals surface area contributed by atoms with Crippen LogP contribution >= 0.6 is 0 Å². The maximum atomic E-state index is 12.1. The highest BCUT2D eigenvalue weighted by Crippen LogP contribution is 2.40. The van der Waals surface area contributed by atoms with E-state index in [1.165, 1.54) is 0 Å². The molecular weight excluding hydrogens is 234 g/mol. The standard InChI is InChI=1S/C13H23NO4/c1-11(2,3)18-10(15)12(14)4-6-13(7-5-12)16-8-9-17-13/h4-9,14H2,1-3H3. The van der Waals surface area contributed by atoms with E-state index in [1.54, 1.807) is 0 Å². The molecule has 0 unspecified atom stereocenters. The van der Waals surface area contributed by atoms with Crippen molar-refractivity contribution in [2.75, 3.05) is 13.2 Å². The summed E-state index contributed by atoms with van der Waals surface area (Å²) >= 11 is 0. The van der Waals surface area contributed by atoms with Crippen molar-refractivity contribution >= 4 is 5.97 Å². The lowest BCUT2D eigenvalue weighted by Gasteiger charge is -2.40. The van der Waals surface area contributed by atoms with E-state index in [2.05, 4.69) is 0 Å². The molecule has 1 spiro atoms. The van der Waals surface area contributed by atoms with Crippen molar-refractivity contribution in [2.45, 2.75) is 63.4 Å². The molecule has 0 aromatic heterocycles. The molecule has 1 saturated heterocycles. The van der Waals surface area contributed by atoms with Crippen LogP contribution in [0.4, 0.5) is 0 Å². The van der Waals surface area contributed by atoms with Crippen molar-refractivity contribution in [1.29, 1.82) is 0 Å². The van der Waals surface area contributed by atoms with Gasteiger partial charge in [-0.1, -0.05) is 0 Å². The Morgan fingerprint density at radius 1 is 1.11 bits per heavy atom. The minimum absolute atomic E-state index is 0.317. The average Bonchev–Trinajstić information content (AvgIpc) is 2.70. The van der Waals surface area contributed by atoms with Crippen LogP contribution in [0.15, 0.2) is 0 Å². The van der Waals surface area contributed by atoms with Crippen LogP contribution in [0.1, 0.15) is 46.5 Å². The molecule has 0 amide bonds. The monoisotopic (exact) mass is 257 g/mol. The van der Waals surface area contributed by atoms with Crippen LogP contribution in [0, 0.1) is 0 Å². The predicted molar refractivity (Wildman–Crippen MR) is 65.9 cm³/mol. The second-order valence-corrected chi connectivity index (χ2v) is 6.27. The second kappa shape index (κ2) is 4.47. The third-order valence-corrected chi connectivity index (χ3v) is 3.52. The Morgan fingerprint density at radius 2 is 1.61 bits per heavy atom. The van der Waals surface area contributed by atoms with E-state index in [0.717, 1.165) is 0 Å². The van der Waals surface area contributed by atoms with E-state index >= 15 is 0 Å². The summed E-state index contributed by atoms with van der Waals surface area (Å²) in [4.78, 5) is 12.1. The molecule has 0 aromatic carbocycles. The largest absolute Gasteiger partial charge is 0.459 e. The van der Waals surface area contributed by atoms with Crippen LogP contribution in [-0.4, -0.2) is 36.1 Å². The van der Waals surface area contributed by atoms with Crippen molar-refractivity contribution in [1.82, 2.24) is 0 Å². The molecule has 2 fully saturated rings. The summed E-state index contributed by atoms with van der Waals surface area (Å²) in [5.41, 5.74) is 4.78. The summed E-state index contributed by atoms with van der Waals surface area (Å²) in [6.45, 7) is 6.80. The molecule has 2 N–H and O–H groups in total. The Bertz CT molecular complexity index is 318. The third-order valence-electron chi connectivity index (χ3n) is 3.52. The Hall–Kier alpha value is -0.650. The summed E-state index contributed by atoms with van der Waals surface area (Å²) < 4.78 is 16.6. The van der Waals surface area contributed by atoms with Gasteiger partial charge in [-0.25, -0.2) is 0 Å². The lowest BCUT2D eigenvalue weighted by Crippen LogP contribution is -2.56. The van der Waals surface area contributed by atoms with Gasteiger partial charge in [-0.15, -0.1) is 0 Å². The second-order valence-electron chi connectivity index (χ2n) is 6.27. The van der Waals surface area contributed by atoms with Crippen molar-refractivity contribution in [3.05, 3.63) is 0 Å². The summed E-state index contributed by atoms with van der Waals surface area (Å²) in [6.07, 6.45) is 2.40. The lowest BCUT2D eigenvalue weighted by molar-refractivity contribution is -0.193. The molecule has 0 radical (unpaired) electrons. The molecule has 5 heteroatoms. The first kappa shape index (κ1) is 13.8. The van der Waals surface area contributed by atoms with Gasteiger partial charge in [0.05, 0.1) is 13.2 Å². The molecule has 104 valence electrons. The van der Waals surface area contributed by atoms with Crippen molar-refractivity contribution in [3.63, 3.8) is 0 Å². The average molecular weight is 257 g/mol.